The first kappa shape index (κ1) is 9.41. The molecule has 1 heteroatoms. The van der Waals surface area contributed by atoms with Crippen LogP contribution in [0.4, 0.5) is 0 Å². The van der Waals surface area contributed by atoms with Crippen LogP contribution in [0.25, 0.3) is 0 Å². The second kappa shape index (κ2) is 3.08. The van der Waals surface area contributed by atoms with E-state index < -0.39 is 0 Å². The van der Waals surface area contributed by atoms with Crippen molar-refractivity contribution in [2.75, 3.05) is 6.54 Å². The predicted molar refractivity (Wildman–Crippen MR) is 62.8 cm³/mol. The van der Waals surface area contributed by atoms with Gasteiger partial charge in [0.15, 0.2) is 0 Å². The monoisotopic (exact) mass is 201 g/mol. The van der Waals surface area contributed by atoms with Crippen LogP contribution in [0.3, 0.4) is 0 Å². The maximum Gasteiger partial charge on any atom is -0.00432 e. The maximum absolute atomic E-state index is 5.80. The summed E-state index contributed by atoms with van der Waals surface area (Å²) < 4.78 is 0. The van der Waals surface area contributed by atoms with Crippen molar-refractivity contribution < 1.29 is 0 Å². The Kier molecular flexibility index (Phi) is 1.93. The second-order valence-corrected chi connectivity index (χ2v) is 5.39. The van der Waals surface area contributed by atoms with Gasteiger partial charge in [0, 0.05) is 0 Å². The molecule has 0 radical (unpaired) electrons. The van der Waals surface area contributed by atoms with E-state index in [-0.39, 0.29) is 0 Å². The van der Waals surface area contributed by atoms with Crippen LogP contribution in [-0.4, -0.2) is 6.54 Å². The molecule has 0 aromatic heterocycles. The van der Waals surface area contributed by atoms with Crippen LogP contribution in [0.1, 0.15) is 29.5 Å². The zero-order valence-corrected chi connectivity index (χ0v) is 9.42. The topological polar surface area (TPSA) is 26.0 Å². The Bertz CT molecular complexity index is 396. The summed E-state index contributed by atoms with van der Waals surface area (Å²) in [5, 5.41) is 0. The number of fused-ring (bicyclic) bond motifs is 1. The van der Waals surface area contributed by atoms with E-state index in [1.807, 2.05) is 0 Å². The maximum atomic E-state index is 5.80. The molecule has 2 unspecified atom stereocenters. The van der Waals surface area contributed by atoms with Crippen LogP contribution in [0.5, 0.6) is 0 Å². The minimum atomic E-state index is 0.605. The van der Waals surface area contributed by atoms with Crippen molar-refractivity contribution >= 4 is 0 Å². The smallest absolute Gasteiger partial charge is 0.00432 e. The molecule has 2 atom stereocenters. The molecule has 0 bridgehead atoms. The molecule has 0 saturated heterocycles. The highest BCUT2D eigenvalue weighted by Gasteiger charge is 2.53. The van der Waals surface area contributed by atoms with Crippen molar-refractivity contribution in [2.45, 2.75) is 32.6 Å². The van der Waals surface area contributed by atoms with Crippen LogP contribution < -0.4 is 5.73 Å². The van der Waals surface area contributed by atoms with Crippen molar-refractivity contribution in [2.24, 2.45) is 17.1 Å². The van der Waals surface area contributed by atoms with Crippen molar-refractivity contribution in [3.63, 3.8) is 0 Å². The van der Waals surface area contributed by atoms with Crippen molar-refractivity contribution in [3.8, 4) is 0 Å². The predicted octanol–water partition coefficient (Wildman–Crippen LogP) is 2.45. The fourth-order valence-corrected chi connectivity index (χ4v) is 3.36. The Morgan fingerprint density at radius 2 is 2.33 bits per heavy atom. The molecule has 1 spiro atoms. The number of rotatable bonds is 1. The van der Waals surface area contributed by atoms with Gasteiger partial charge in [0.1, 0.15) is 0 Å². The zero-order valence-electron chi connectivity index (χ0n) is 9.42. The number of hydrogen-bond donors (Lipinski definition) is 1. The van der Waals surface area contributed by atoms with E-state index in [1.165, 1.54) is 31.2 Å². The van der Waals surface area contributed by atoms with E-state index in [2.05, 4.69) is 25.1 Å². The summed E-state index contributed by atoms with van der Waals surface area (Å²) in [6, 6.07) is 6.74. The van der Waals surface area contributed by atoms with Gasteiger partial charge >= 0.3 is 0 Å². The fourth-order valence-electron chi connectivity index (χ4n) is 3.36. The van der Waals surface area contributed by atoms with Crippen LogP contribution >= 0.6 is 0 Å². The molecule has 3 rings (SSSR count). The Morgan fingerprint density at radius 3 is 3.07 bits per heavy atom. The number of hydrogen-bond acceptors (Lipinski definition) is 1. The van der Waals surface area contributed by atoms with Gasteiger partial charge in [0.25, 0.3) is 0 Å². The van der Waals surface area contributed by atoms with Crippen LogP contribution in [0, 0.1) is 18.3 Å². The lowest BCUT2D eigenvalue weighted by Gasteiger charge is -2.27. The van der Waals surface area contributed by atoms with Crippen molar-refractivity contribution in [1.82, 2.24) is 0 Å². The minimum absolute atomic E-state index is 0.605. The lowest BCUT2D eigenvalue weighted by Crippen LogP contribution is -2.20. The van der Waals surface area contributed by atoms with Crippen molar-refractivity contribution in [1.29, 1.82) is 0 Å². The Balaban J connectivity index is 1.93. The molecular weight excluding hydrogens is 182 g/mol. The summed E-state index contributed by atoms with van der Waals surface area (Å²) >= 11 is 0. The van der Waals surface area contributed by atoms with Gasteiger partial charge in [0.05, 0.1) is 0 Å². The third-order valence-electron chi connectivity index (χ3n) is 4.57. The molecule has 1 aromatic rings. The van der Waals surface area contributed by atoms with E-state index in [0.29, 0.717) is 5.41 Å². The quantitative estimate of drug-likeness (QED) is 0.742. The van der Waals surface area contributed by atoms with Crippen molar-refractivity contribution in [3.05, 3.63) is 34.9 Å². The first-order chi connectivity index (χ1) is 7.25. The van der Waals surface area contributed by atoms with Crippen LogP contribution in [-0.2, 0) is 12.8 Å². The van der Waals surface area contributed by atoms with E-state index >= 15 is 0 Å². The highest BCUT2D eigenvalue weighted by molar-refractivity contribution is 5.39. The van der Waals surface area contributed by atoms with Crippen LogP contribution in [0.2, 0.25) is 0 Å². The molecule has 0 heterocycles. The first-order valence-corrected chi connectivity index (χ1v) is 6.03. The highest BCUT2D eigenvalue weighted by Crippen LogP contribution is 2.59. The summed E-state index contributed by atoms with van der Waals surface area (Å²) in [5.41, 5.74) is 11.1. The molecule has 1 nitrogen and oxygen atoms in total. The van der Waals surface area contributed by atoms with Gasteiger partial charge in [0.2, 0.25) is 0 Å². The molecule has 1 aromatic carbocycles. The molecule has 80 valence electrons. The number of nitrogens with two attached hydrogens (primary N) is 1. The molecule has 1 fully saturated rings. The van der Waals surface area contributed by atoms with Gasteiger partial charge in [-0.15, -0.1) is 0 Å². The average Bonchev–Trinajstić information content (AvgIpc) is 2.93. The zero-order chi connectivity index (χ0) is 10.5. The summed E-state index contributed by atoms with van der Waals surface area (Å²) in [6.45, 7) is 3.14. The van der Waals surface area contributed by atoms with E-state index in [1.54, 1.807) is 11.1 Å². The average molecular weight is 201 g/mol. The summed E-state index contributed by atoms with van der Waals surface area (Å²) in [6.07, 6.45) is 5.30. The Labute approximate surface area is 91.7 Å². The molecule has 2 aliphatic carbocycles. The van der Waals surface area contributed by atoms with E-state index in [0.717, 1.165) is 12.5 Å². The number of aryl methyl sites for hydroxylation is 2. The first-order valence-electron chi connectivity index (χ1n) is 6.03. The molecule has 15 heavy (non-hydrogen) atoms. The third-order valence-corrected chi connectivity index (χ3v) is 4.57. The summed E-state index contributed by atoms with van der Waals surface area (Å²) in [5.74, 6) is 0.810. The van der Waals surface area contributed by atoms with Gasteiger partial charge < -0.3 is 5.73 Å². The third kappa shape index (κ3) is 1.33. The normalized spacial score (nSPS) is 32.8. The largest absolute Gasteiger partial charge is 0.330 e. The van der Waals surface area contributed by atoms with Gasteiger partial charge in [-0.3, -0.25) is 0 Å². The SMILES string of the molecule is Cc1cccc2c1CC1(CC2)CC1CN. The lowest BCUT2D eigenvalue weighted by atomic mass is 9.78. The minimum Gasteiger partial charge on any atom is -0.330 e. The second-order valence-electron chi connectivity index (χ2n) is 5.39. The Morgan fingerprint density at radius 1 is 1.47 bits per heavy atom. The summed E-state index contributed by atoms with van der Waals surface area (Å²) in [4.78, 5) is 0. The van der Waals surface area contributed by atoms with Gasteiger partial charge in [-0.1, -0.05) is 18.2 Å². The molecular formula is C14H19N. The highest BCUT2D eigenvalue weighted by atomic mass is 14.7. The number of benzene rings is 1. The Hall–Kier alpha value is -0.820. The molecule has 2 N–H and O–H groups in total. The summed E-state index contributed by atoms with van der Waals surface area (Å²) in [7, 11) is 0. The molecule has 1 saturated carbocycles. The standard InChI is InChI=1S/C14H19N/c1-10-3-2-4-11-5-6-14(8-13(10)11)7-12(14)9-15/h2-4,12H,5-9,15H2,1H3. The van der Waals surface area contributed by atoms with E-state index in [4.69, 9.17) is 5.73 Å². The van der Waals surface area contributed by atoms with Gasteiger partial charge in [-0.2, -0.15) is 0 Å². The fraction of sp³-hybridized carbons (Fsp3) is 0.571. The molecule has 0 amide bonds. The molecule has 0 aliphatic heterocycles. The van der Waals surface area contributed by atoms with Crippen LogP contribution in [0.15, 0.2) is 18.2 Å². The lowest BCUT2D eigenvalue weighted by molar-refractivity contribution is 0.394. The van der Waals surface area contributed by atoms with E-state index in [9.17, 15) is 0 Å². The molecule has 2 aliphatic rings. The van der Waals surface area contributed by atoms with Gasteiger partial charge in [-0.05, 0) is 67.2 Å². The van der Waals surface area contributed by atoms with Gasteiger partial charge in [-0.25, -0.2) is 0 Å².